The van der Waals surface area contributed by atoms with E-state index in [1.54, 1.807) is 24.3 Å². The number of carbonyl (C=O) groups excluding carboxylic acids is 2. The lowest BCUT2D eigenvalue weighted by atomic mass is 9.87. The van der Waals surface area contributed by atoms with E-state index < -0.39 is 5.91 Å². The number of fused-ring (bicyclic) bond motifs is 1. The lowest BCUT2D eigenvalue weighted by Crippen LogP contribution is -2.14. The fourth-order valence-corrected chi connectivity index (χ4v) is 2.82. The van der Waals surface area contributed by atoms with Crippen molar-refractivity contribution in [3.8, 4) is 5.75 Å². The Kier molecular flexibility index (Phi) is 5.40. The molecule has 0 atom stereocenters. The molecule has 0 aliphatic carbocycles. The Hall–Kier alpha value is -3.28. The van der Waals surface area contributed by atoms with Gasteiger partial charge in [-0.2, -0.15) is 0 Å². The monoisotopic (exact) mass is 379 g/mol. The fraction of sp³-hybridized carbons (Fsp3) is 0.273. The number of carbonyl (C=O) groups is 2. The predicted octanol–water partition coefficient (Wildman–Crippen LogP) is 3.97. The SMILES string of the molecule is CC(C)(C)c1ccc2cc(C(=O)Nc3ccc(OCCC(N)=O)cc3)[nH]c2c1. The van der Waals surface area contributed by atoms with Crippen molar-refractivity contribution in [2.24, 2.45) is 5.73 Å². The Morgan fingerprint density at radius 3 is 2.43 bits per heavy atom. The van der Waals surface area contributed by atoms with Crippen LogP contribution in [0.4, 0.5) is 5.69 Å². The van der Waals surface area contributed by atoms with E-state index in [-0.39, 0.29) is 24.3 Å². The highest BCUT2D eigenvalue weighted by Crippen LogP contribution is 2.26. The summed E-state index contributed by atoms with van der Waals surface area (Å²) in [7, 11) is 0. The van der Waals surface area contributed by atoms with Gasteiger partial charge in [-0.1, -0.05) is 32.9 Å². The van der Waals surface area contributed by atoms with Crippen LogP contribution in [0.5, 0.6) is 5.75 Å². The van der Waals surface area contributed by atoms with Crippen molar-refractivity contribution in [3.63, 3.8) is 0 Å². The Labute approximate surface area is 164 Å². The number of ether oxygens (including phenoxy) is 1. The zero-order valence-electron chi connectivity index (χ0n) is 16.3. The number of anilines is 1. The van der Waals surface area contributed by atoms with E-state index in [9.17, 15) is 9.59 Å². The molecule has 0 radical (unpaired) electrons. The highest BCUT2D eigenvalue weighted by molar-refractivity contribution is 6.06. The topological polar surface area (TPSA) is 97.2 Å². The normalized spacial score (nSPS) is 11.4. The summed E-state index contributed by atoms with van der Waals surface area (Å²) in [6.45, 7) is 6.71. The van der Waals surface area contributed by atoms with E-state index in [1.165, 1.54) is 5.56 Å². The van der Waals surface area contributed by atoms with Crippen molar-refractivity contribution in [2.45, 2.75) is 32.6 Å². The molecule has 2 aromatic carbocycles. The third-order valence-electron chi connectivity index (χ3n) is 4.46. The van der Waals surface area contributed by atoms with Gasteiger partial charge in [-0.15, -0.1) is 0 Å². The highest BCUT2D eigenvalue weighted by Gasteiger charge is 2.16. The number of hydrogen-bond acceptors (Lipinski definition) is 3. The zero-order chi connectivity index (χ0) is 20.3. The smallest absolute Gasteiger partial charge is 0.272 e. The lowest BCUT2D eigenvalue weighted by molar-refractivity contribution is -0.118. The standard InChI is InChI=1S/C22H25N3O3/c1-22(2,3)15-5-4-14-12-19(25-18(14)13-15)21(27)24-16-6-8-17(9-7-16)28-11-10-20(23)26/h4-9,12-13,25H,10-11H2,1-3H3,(H2,23,26)(H,24,27). The van der Waals surface area contributed by atoms with Crippen LogP contribution < -0.4 is 15.8 Å². The molecule has 28 heavy (non-hydrogen) atoms. The van der Waals surface area contributed by atoms with E-state index in [2.05, 4.69) is 43.2 Å². The van der Waals surface area contributed by atoms with Crippen LogP contribution in [0.1, 0.15) is 43.2 Å². The van der Waals surface area contributed by atoms with Crippen molar-refractivity contribution in [1.29, 1.82) is 0 Å². The summed E-state index contributed by atoms with van der Waals surface area (Å²) in [6, 6.07) is 15.0. The molecule has 0 spiro atoms. The second-order valence-electron chi connectivity index (χ2n) is 7.78. The molecule has 0 aliphatic heterocycles. The maximum Gasteiger partial charge on any atom is 0.272 e. The summed E-state index contributed by atoms with van der Waals surface area (Å²) in [4.78, 5) is 26.5. The Morgan fingerprint density at radius 1 is 1.07 bits per heavy atom. The molecule has 3 rings (SSSR count). The summed E-state index contributed by atoms with van der Waals surface area (Å²) < 4.78 is 5.42. The third kappa shape index (κ3) is 4.71. The minimum Gasteiger partial charge on any atom is -0.493 e. The third-order valence-corrected chi connectivity index (χ3v) is 4.46. The van der Waals surface area contributed by atoms with Gasteiger partial charge in [-0.25, -0.2) is 0 Å². The molecule has 6 heteroatoms. The van der Waals surface area contributed by atoms with Crippen LogP contribution in [0.25, 0.3) is 10.9 Å². The molecule has 6 nitrogen and oxygen atoms in total. The summed E-state index contributed by atoms with van der Waals surface area (Å²) >= 11 is 0. The molecule has 146 valence electrons. The summed E-state index contributed by atoms with van der Waals surface area (Å²) in [5, 5.41) is 3.86. The molecule has 1 aromatic heterocycles. The van der Waals surface area contributed by atoms with Gasteiger partial charge in [0.1, 0.15) is 11.4 Å². The molecule has 0 saturated heterocycles. The summed E-state index contributed by atoms with van der Waals surface area (Å²) in [5.74, 6) is -0.00712. The Bertz CT molecular complexity index is 998. The first-order chi connectivity index (χ1) is 13.2. The minimum absolute atomic E-state index is 0.0446. The zero-order valence-corrected chi connectivity index (χ0v) is 16.3. The summed E-state index contributed by atoms with van der Waals surface area (Å²) in [5.41, 5.74) is 8.43. The quantitative estimate of drug-likeness (QED) is 0.604. The number of primary amides is 1. The van der Waals surface area contributed by atoms with Crippen LogP contribution in [0.3, 0.4) is 0 Å². The molecular formula is C22H25N3O3. The van der Waals surface area contributed by atoms with Gasteiger partial charge in [-0.3, -0.25) is 9.59 Å². The Balaban J connectivity index is 1.68. The summed E-state index contributed by atoms with van der Waals surface area (Å²) in [6.07, 6.45) is 0.162. The van der Waals surface area contributed by atoms with Crippen LogP contribution in [0, 0.1) is 0 Å². The first-order valence-electron chi connectivity index (χ1n) is 9.18. The van der Waals surface area contributed by atoms with E-state index in [0.717, 1.165) is 10.9 Å². The van der Waals surface area contributed by atoms with Gasteiger partial charge in [0.05, 0.1) is 13.0 Å². The number of hydrogen-bond donors (Lipinski definition) is 3. The molecule has 1 heterocycles. The number of rotatable bonds is 6. The number of benzene rings is 2. The molecule has 3 aromatic rings. The minimum atomic E-state index is -0.406. The van der Waals surface area contributed by atoms with Gasteiger partial charge in [-0.05, 0) is 47.4 Å². The molecule has 0 aliphatic rings. The van der Waals surface area contributed by atoms with Crippen molar-refractivity contribution in [1.82, 2.24) is 4.98 Å². The molecule has 0 unspecified atom stereocenters. The maximum absolute atomic E-state index is 12.6. The van der Waals surface area contributed by atoms with Gasteiger partial charge >= 0.3 is 0 Å². The van der Waals surface area contributed by atoms with Crippen LogP contribution in [-0.4, -0.2) is 23.4 Å². The number of nitrogens with one attached hydrogen (secondary N) is 2. The van der Waals surface area contributed by atoms with Crippen LogP contribution in [0.2, 0.25) is 0 Å². The molecule has 0 bridgehead atoms. The maximum atomic E-state index is 12.6. The largest absolute Gasteiger partial charge is 0.493 e. The van der Waals surface area contributed by atoms with Gasteiger partial charge < -0.3 is 20.8 Å². The van der Waals surface area contributed by atoms with Crippen molar-refractivity contribution in [2.75, 3.05) is 11.9 Å². The van der Waals surface area contributed by atoms with Gasteiger partial charge in [0.2, 0.25) is 5.91 Å². The molecular weight excluding hydrogens is 354 g/mol. The van der Waals surface area contributed by atoms with Crippen molar-refractivity contribution in [3.05, 3.63) is 59.8 Å². The van der Waals surface area contributed by atoms with E-state index in [0.29, 0.717) is 17.1 Å². The van der Waals surface area contributed by atoms with Gasteiger partial charge in [0.15, 0.2) is 0 Å². The molecule has 0 fully saturated rings. The second kappa shape index (κ2) is 7.76. The number of nitrogens with two attached hydrogens (primary N) is 1. The molecule has 4 N–H and O–H groups in total. The van der Waals surface area contributed by atoms with E-state index in [4.69, 9.17) is 10.5 Å². The second-order valence-corrected chi connectivity index (χ2v) is 7.78. The van der Waals surface area contributed by atoms with Crippen LogP contribution >= 0.6 is 0 Å². The average molecular weight is 379 g/mol. The first kappa shape index (κ1) is 19.5. The number of H-pyrrole nitrogens is 1. The lowest BCUT2D eigenvalue weighted by Gasteiger charge is -2.18. The van der Waals surface area contributed by atoms with E-state index >= 15 is 0 Å². The number of aromatic nitrogens is 1. The van der Waals surface area contributed by atoms with Crippen LogP contribution in [-0.2, 0) is 10.2 Å². The molecule has 0 saturated carbocycles. The van der Waals surface area contributed by atoms with Gasteiger partial charge in [0, 0.05) is 16.6 Å². The Morgan fingerprint density at radius 2 is 1.79 bits per heavy atom. The van der Waals surface area contributed by atoms with Gasteiger partial charge in [0.25, 0.3) is 5.91 Å². The highest BCUT2D eigenvalue weighted by atomic mass is 16.5. The molecule has 2 amide bonds. The number of amides is 2. The van der Waals surface area contributed by atoms with Crippen molar-refractivity contribution >= 4 is 28.4 Å². The predicted molar refractivity (Wildman–Crippen MR) is 111 cm³/mol. The first-order valence-corrected chi connectivity index (χ1v) is 9.18. The van der Waals surface area contributed by atoms with E-state index in [1.807, 2.05) is 12.1 Å². The van der Waals surface area contributed by atoms with Crippen LogP contribution in [0.15, 0.2) is 48.5 Å². The van der Waals surface area contributed by atoms with Crippen molar-refractivity contribution < 1.29 is 14.3 Å². The number of aromatic amines is 1. The average Bonchev–Trinajstić information content (AvgIpc) is 3.05. The fourth-order valence-electron chi connectivity index (χ4n) is 2.82.